The third kappa shape index (κ3) is 5.12. The Kier molecular flexibility index (Phi) is 5.66. The number of carbonyl (C=O) groups excluding carboxylic acids is 1. The van der Waals surface area contributed by atoms with Crippen LogP contribution in [-0.4, -0.2) is 23.6 Å². The lowest BCUT2D eigenvalue weighted by Crippen LogP contribution is -2.37. The maximum atomic E-state index is 14.0. The van der Waals surface area contributed by atoms with Crippen molar-refractivity contribution in [1.29, 1.82) is 0 Å². The van der Waals surface area contributed by atoms with Gasteiger partial charge in [0.15, 0.2) is 0 Å². The molecule has 4 nitrogen and oxygen atoms in total. The molecule has 2 rings (SSSR count). The highest BCUT2D eigenvalue weighted by Crippen LogP contribution is 2.38. The van der Waals surface area contributed by atoms with Crippen molar-refractivity contribution in [2.24, 2.45) is 0 Å². The van der Waals surface area contributed by atoms with Crippen LogP contribution < -0.4 is 10.2 Å². The molecule has 0 aliphatic rings. The Balaban J connectivity index is 2.03. The van der Waals surface area contributed by atoms with Gasteiger partial charge in [-0.15, -0.1) is 0 Å². The lowest BCUT2D eigenvalue weighted by molar-refractivity contribution is -0.0328. The van der Waals surface area contributed by atoms with Crippen molar-refractivity contribution in [3.05, 3.63) is 54.1 Å². The summed E-state index contributed by atoms with van der Waals surface area (Å²) in [6, 6.07) is 7.58. The van der Waals surface area contributed by atoms with Crippen LogP contribution in [-0.2, 0) is 6.54 Å². The number of carbonyl (C=O) groups is 1. The Hall–Kier alpha value is -2.29. The number of aromatic nitrogens is 1. The van der Waals surface area contributed by atoms with Crippen LogP contribution >= 0.6 is 11.8 Å². The fourth-order valence-corrected chi connectivity index (χ4v) is 2.42. The zero-order chi connectivity index (χ0) is 17.7. The molecule has 1 heterocycles. The Morgan fingerprint density at radius 2 is 2.04 bits per heavy atom. The molecule has 0 bridgehead atoms. The van der Waals surface area contributed by atoms with E-state index in [9.17, 15) is 22.4 Å². The number of alkyl halides is 3. The van der Waals surface area contributed by atoms with Gasteiger partial charge in [-0.3, -0.25) is 9.88 Å². The molecule has 2 amide bonds. The molecule has 9 heteroatoms. The standard InChI is InChI=1S/C15H13F4N3OS/c1-22(14(23)21-9-10-4-2-3-7-20-10)13-6-5-11(8-12(13)16)24-15(17,18)19/h2-8H,9H2,1H3,(H,21,23). The van der Waals surface area contributed by atoms with Gasteiger partial charge in [-0.1, -0.05) is 6.07 Å². The first-order chi connectivity index (χ1) is 11.3. The predicted molar refractivity (Wildman–Crippen MR) is 83.2 cm³/mol. The van der Waals surface area contributed by atoms with E-state index in [1.165, 1.54) is 7.05 Å². The summed E-state index contributed by atoms with van der Waals surface area (Å²) >= 11 is -0.416. The van der Waals surface area contributed by atoms with E-state index in [-0.39, 0.29) is 17.1 Å². The SMILES string of the molecule is CN(C(=O)NCc1ccccn1)c1ccc(SC(F)(F)F)cc1F. The van der Waals surface area contributed by atoms with E-state index in [1.54, 1.807) is 24.4 Å². The molecule has 1 aromatic carbocycles. The summed E-state index contributed by atoms with van der Waals surface area (Å²) in [4.78, 5) is 16.7. The quantitative estimate of drug-likeness (QED) is 0.658. The van der Waals surface area contributed by atoms with Crippen LogP contribution in [0.2, 0.25) is 0 Å². The molecule has 0 fully saturated rings. The number of hydrogen-bond acceptors (Lipinski definition) is 3. The average molecular weight is 359 g/mol. The van der Waals surface area contributed by atoms with Crippen LogP contribution in [0.15, 0.2) is 47.5 Å². The van der Waals surface area contributed by atoms with Gasteiger partial charge in [0.2, 0.25) is 0 Å². The first-order valence-electron chi connectivity index (χ1n) is 6.73. The molecular formula is C15H13F4N3OS. The molecule has 0 radical (unpaired) electrons. The van der Waals surface area contributed by atoms with E-state index in [4.69, 9.17) is 0 Å². The number of pyridine rings is 1. The number of anilines is 1. The van der Waals surface area contributed by atoms with E-state index in [0.717, 1.165) is 23.1 Å². The fourth-order valence-electron chi connectivity index (χ4n) is 1.85. The lowest BCUT2D eigenvalue weighted by atomic mass is 10.3. The van der Waals surface area contributed by atoms with Gasteiger partial charge in [-0.2, -0.15) is 13.2 Å². The third-order valence-corrected chi connectivity index (χ3v) is 3.69. The summed E-state index contributed by atoms with van der Waals surface area (Å²) in [6.07, 6.45) is 1.57. The number of nitrogens with one attached hydrogen (secondary N) is 1. The van der Waals surface area contributed by atoms with E-state index in [2.05, 4.69) is 10.3 Å². The summed E-state index contributed by atoms with van der Waals surface area (Å²) in [5.74, 6) is -0.917. The second-order valence-electron chi connectivity index (χ2n) is 4.70. The number of amides is 2. The summed E-state index contributed by atoms with van der Waals surface area (Å²) in [5.41, 5.74) is -4.00. The summed E-state index contributed by atoms with van der Waals surface area (Å²) in [6.45, 7) is 0.146. The number of benzene rings is 1. The minimum Gasteiger partial charge on any atom is -0.332 e. The number of halogens is 4. The lowest BCUT2D eigenvalue weighted by Gasteiger charge is -2.19. The largest absolute Gasteiger partial charge is 0.446 e. The summed E-state index contributed by atoms with van der Waals surface area (Å²) in [7, 11) is 1.32. The maximum Gasteiger partial charge on any atom is 0.446 e. The van der Waals surface area contributed by atoms with Gasteiger partial charge < -0.3 is 5.32 Å². The van der Waals surface area contributed by atoms with Gasteiger partial charge in [0.05, 0.1) is 17.9 Å². The number of rotatable bonds is 4. The first-order valence-corrected chi connectivity index (χ1v) is 7.54. The number of thioether (sulfide) groups is 1. The number of urea groups is 1. The number of nitrogens with zero attached hydrogens (tertiary/aromatic N) is 2. The Bertz CT molecular complexity index is 710. The molecule has 1 N–H and O–H groups in total. The molecule has 2 aromatic rings. The van der Waals surface area contributed by atoms with E-state index < -0.39 is 29.1 Å². The van der Waals surface area contributed by atoms with Gasteiger partial charge in [0, 0.05) is 18.1 Å². The Morgan fingerprint density at radius 1 is 1.29 bits per heavy atom. The molecule has 0 saturated carbocycles. The van der Waals surface area contributed by atoms with E-state index >= 15 is 0 Å². The molecule has 0 aliphatic heterocycles. The van der Waals surface area contributed by atoms with Crippen molar-refractivity contribution in [1.82, 2.24) is 10.3 Å². The molecule has 0 unspecified atom stereocenters. The highest BCUT2D eigenvalue weighted by atomic mass is 32.2. The minimum absolute atomic E-state index is 0.125. The zero-order valence-corrected chi connectivity index (χ0v) is 13.3. The van der Waals surface area contributed by atoms with Crippen LogP contribution in [0.3, 0.4) is 0 Å². The molecule has 24 heavy (non-hydrogen) atoms. The monoisotopic (exact) mass is 359 g/mol. The highest BCUT2D eigenvalue weighted by molar-refractivity contribution is 8.00. The average Bonchev–Trinajstić information content (AvgIpc) is 2.51. The zero-order valence-electron chi connectivity index (χ0n) is 12.5. The van der Waals surface area contributed by atoms with E-state index in [0.29, 0.717) is 5.69 Å². The van der Waals surface area contributed by atoms with Crippen LogP contribution in [0, 0.1) is 5.82 Å². The maximum absolute atomic E-state index is 14.0. The van der Waals surface area contributed by atoms with Gasteiger partial charge in [-0.25, -0.2) is 9.18 Å². The molecule has 128 valence electrons. The minimum atomic E-state index is -4.50. The predicted octanol–water partition coefficient (Wildman–Crippen LogP) is 4.18. The van der Waals surface area contributed by atoms with Crippen LogP contribution in [0.5, 0.6) is 0 Å². The smallest absolute Gasteiger partial charge is 0.332 e. The van der Waals surface area contributed by atoms with Crippen molar-refractivity contribution >= 4 is 23.5 Å². The van der Waals surface area contributed by atoms with Gasteiger partial charge in [-0.05, 0) is 42.1 Å². The third-order valence-electron chi connectivity index (χ3n) is 2.97. The van der Waals surface area contributed by atoms with Crippen LogP contribution in [0.4, 0.5) is 28.0 Å². The van der Waals surface area contributed by atoms with Crippen molar-refractivity contribution < 1.29 is 22.4 Å². The Morgan fingerprint density at radius 3 is 2.62 bits per heavy atom. The van der Waals surface area contributed by atoms with Crippen molar-refractivity contribution in [3.63, 3.8) is 0 Å². The van der Waals surface area contributed by atoms with Crippen molar-refractivity contribution in [3.8, 4) is 0 Å². The first kappa shape index (κ1) is 18.1. The molecule has 0 saturated heterocycles. The van der Waals surface area contributed by atoms with Crippen molar-refractivity contribution in [2.75, 3.05) is 11.9 Å². The van der Waals surface area contributed by atoms with Gasteiger partial charge in [0.1, 0.15) is 5.82 Å². The summed E-state index contributed by atoms with van der Waals surface area (Å²) in [5, 5.41) is 2.55. The van der Waals surface area contributed by atoms with Crippen LogP contribution in [0.25, 0.3) is 0 Å². The van der Waals surface area contributed by atoms with Crippen LogP contribution in [0.1, 0.15) is 5.69 Å². The van der Waals surface area contributed by atoms with Crippen molar-refractivity contribution in [2.45, 2.75) is 16.9 Å². The van der Waals surface area contributed by atoms with Gasteiger partial charge in [0.25, 0.3) is 0 Å². The van der Waals surface area contributed by atoms with E-state index in [1.807, 2.05) is 0 Å². The Labute approximate surface area is 139 Å². The second-order valence-corrected chi connectivity index (χ2v) is 5.84. The van der Waals surface area contributed by atoms with Gasteiger partial charge >= 0.3 is 11.5 Å². The topological polar surface area (TPSA) is 45.2 Å². The molecule has 0 atom stereocenters. The highest BCUT2D eigenvalue weighted by Gasteiger charge is 2.29. The normalized spacial score (nSPS) is 11.2. The fraction of sp³-hybridized carbons (Fsp3) is 0.200. The molecular weight excluding hydrogens is 346 g/mol. The molecule has 0 spiro atoms. The number of hydrogen-bond donors (Lipinski definition) is 1. The summed E-state index contributed by atoms with van der Waals surface area (Å²) < 4.78 is 50.8. The molecule has 1 aromatic heterocycles. The second kappa shape index (κ2) is 7.52. The molecule has 0 aliphatic carbocycles.